The van der Waals surface area contributed by atoms with Crippen LogP contribution < -0.4 is 0 Å². The molecule has 2 aliphatic carbocycles. The molecule has 0 radical (unpaired) electrons. The Morgan fingerprint density at radius 3 is 2.00 bits per heavy atom. The Morgan fingerprint density at radius 2 is 1.43 bits per heavy atom. The summed E-state index contributed by atoms with van der Waals surface area (Å²) in [6.45, 7) is 7.79. The molecule has 184 valence electrons. The average molecular weight is 491 g/mol. The van der Waals surface area contributed by atoms with Gasteiger partial charge in [0.1, 0.15) is 5.76 Å². The predicted octanol–water partition coefficient (Wildman–Crippen LogP) is 5.97. The van der Waals surface area contributed by atoms with Crippen molar-refractivity contribution in [1.29, 1.82) is 10.5 Å². The molecule has 0 amide bonds. The summed E-state index contributed by atoms with van der Waals surface area (Å²) in [6, 6.07) is 11.8. The van der Waals surface area contributed by atoms with Gasteiger partial charge >= 0.3 is 11.9 Å². The van der Waals surface area contributed by atoms with Crippen LogP contribution in [-0.2, 0) is 31.9 Å². The van der Waals surface area contributed by atoms with Gasteiger partial charge in [-0.05, 0) is 69.6 Å². The van der Waals surface area contributed by atoms with E-state index in [0.29, 0.717) is 53.0 Å². The van der Waals surface area contributed by atoms with E-state index in [9.17, 15) is 20.1 Å². The van der Waals surface area contributed by atoms with Gasteiger partial charge in [-0.2, -0.15) is 10.5 Å². The monoisotopic (exact) mass is 490 g/mol. The number of hydrogen-bond acceptors (Lipinski definition) is 6. The zero-order valence-corrected chi connectivity index (χ0v) is 21.3. The molecule has 0 aromatic heterocycles. The molecular formula is C31H26N2O4. The lowest BCUT2D eigenvalue weighted by Gasteiger charge is -2.27. The maximum Gasteiger partial charge on any atom is 0.338 e. The normalized spacial score (nSPS) is 13.7. The number of benzene rings is 3. The molecule has 0 N–H and O–H groups in total. The number of allylic oxidation sites excluding steroid dienone is 2. The zero-order chi connectivity index (χ0) is 26.4. The molecule has 0 saturated carbocycles. The molecule has 3 aromatic rings. The highest BCUT2D eigenvalue weighted by atomic mass is 16.5. The van der Waals surface area contributed by atoms with Crippen molar-refractivity contribution in [2.24, 2.45) is 11.8 Å². The van der Waals surface area contributed by atoms with E-state index in [2.05, 4.69) is 12.1 Å². The van der Waals surface area contributed by atoms with Gasteiger partial charge in [-0.3, -0.25) is 4.79 Å². The summed E-state index contributed by atoms with van der Waals surface area (Å²) < 4.78 is 11.3. The molecule has 0 aliphatic heterocycles. The summed E-state index contributed by atoms with van der Waals surface area (Å²) in [5.74, 6) is -0.501. The average Bonchev–Trinajstić information content (AvgIpc) is 2.89. The van der Waals surface area contributed by atoms with E-state index >= 15 is 0 Å². The standard InChI is InChI=1S/C31H26N2O4/c1-16(2)15-36-31(35)24-10-9-22-21-8-6-19(14-33)27-25(37-30(34)17(3)4)12-11-23(29(21)27)20-7-5-18(13-32)26(24)28(20)22/h5-8,10,12,16-17H,9,11,15H2,1-4H3. The lowest BCUT2D eigenvalue weighted by atomic mass is 9.77. The smallest absolute Gasteiger partial charge is 0.338 e. The van der Waals surface area contributed by atoms with Gasteiger partial charge in [-0.1, -0.05) is 45.9 Å². The van der Waals surface area contributed by atoms with Gasteiger partial charge in [0.25, 0.3) is 0 Å². The Labute approximate surface area is 215 Å². The molecule has 0 fully saturated rings. The first-order chi connectivity index (χ1) is 17.8. The Hall–Kier alpha value is -4.42. The number of nitrogens with zero attached hydrogens (tertiary/aromatic N) is 2. The van der Waals surface area contributed by atoms with Gasteiger partial charge in [-0.15, -0.1) is 0 Å². The summed E-state index contributed by atoms with van der Waals surface area (Å²) in [5.41, 5.74) is 4.43. The van der Waals surface area contributed by atoms with E-state index in [1.54, 1.807) is 26.0 Å². The first kappa shape index (κ1) is 24.3. The number of esters is 2. The summed E-state index contributed by atoms with van der Waals surface area (Å²) in [5, 5.41) is 23.5. The van der Waals surface area contributed by atoms with Crippen LogP contribution in [0.2, 0.25) is 0 Å². The van der Waals surface area contributed by atoms with Gasteiger partial charge in [0.2, 0.25) is 0 Å². The number of rotatable bonds is 5. The van der Waals surface area contributed by atoms with Crippen molar-refractivity contribution in [1.82, 2.24) is 0 Å². The van der Waals surface area contributed by atoms with Gasteiger partial charge < -0.3 is 9.47 Å². The topological polar surface area (TPSA) is 100 Å². The van der Waals surface area contributed by atoms with Crippen LogP contribution in [0, 0.1) is 34.5 Å². The number of ether oxygens (including phenoxy) is 2. The minimum atomic E-state index is -0.430. The van der Waals surface area contributed by atoms with Crippen LogP contribution in [0.4, 0.5) is 0 Å². The van der Waals surface area contributed by atoms with Crippen LogP contribution in [0.15, 0.2) is 36.4 Å². The fourth-order valence-corrected chi connectivity index (χ4v) is 5.18. The third kappa shape index (κ3) is 3.86. The summed E-state index contributed by atoms with van der Waals surface area (Å²) >= 11 is 0. The third-order valence-corrected chi connectivity index (χ3v) is 6.87. The first-order valence-electron chi connectivity index (χ1n) is 12.4. The third-order valence-electron chi connectivity index (χ3n) is 6.87. The number of nitriles is 2. The van der Waals surface area contributed by atoms with Crippen LogP contribution in [0.5, 0.6) is 0 Å². The molecule has 0 spiro atoms. The van der Waals surface area contributed by atoms with Crippen LogP contribution >= 0.6 is 0 Å². The Kier molecular flexibility index (Phi) is 6.05. The Balaban J connectivity index is 1.80. The van der Waals surface area contributed by atoms with Crippen molar-refractivity contribution in [3.05, 3.63) is 69.8 Å². The second-order valence-electron chi connectivity index (χ2n) is 10.2. The van der Waals surface area contributed by atoms with E-state index in [4.69, 9.17) is 9.47 Å². The number of carbonyl (C=O) groups is 2. The lowest BCUT2D eigenvalue weighted by molar-refractivity contribution is -0.140. The van der Waals surface area contributed by atoms with Gasteiger partial charge in [0.05, 0.1) is 41.4 Å². The van der Waals surface area contributed by atoms with Gasteiger partial charge in [0.15, 0.2) is 0 Å². The quantitative estimate of drug-likeness (QED) is 0.323. The van der Waals surface area contributed by atoms with Crippen LogP contribution in [-0.4, -0.2) is 18.5 Å². The number of carbonyl (C=O) groups excluding carboxylic acids is 2. The minimum Gasteiger partial charge on any atom is -0.462 e. The van der Waals surface area contributed by atoms with Gasteiger partial charge in [-0.25, -0.2) is 4.79 Å². The number of fused-ring (bicyclic) bond motifs is 2. The van der Waals surface area contributed by atoms with Crippen molar-refractivity contribution in [3.63, 3.8) is 0 Å². The summed E-state index contributed by atoms with van der Waals surface area (Å²) in [6.07, 6.45) is 4.63. The zero-order valence-electron chi connectivity index (χ0n) is 21.3. The van der Waals surface area contributed by atoms with E-state index in [-0.39, 0.29) is 17.8 Å². The second-order valence-corrected chi connectivity index (χ2v) is 10.2. The molecule has 0 atom stereocenters. The fourth-order valence-electron chi connectivity index (χ4n) is 5.18. The predicted molar refractivity (Wildman–Crippen MR) is 141 cm³/mol. The highest BCUT2D eigenvalue weighted by molar-refractivity contribution is 6.25. The molecule has 5 rings (SSSR count). The van der Waals surface area contributed by atoms with Crippen molar-refractivity contribution < 1.29 is 19.1 Å². The molecule has 6 heteroatoms. The van der Waals surface area contributed by atoms with Gasteiger partial charge in [0, 0.05) is 11.1 Å². The van der Waals surface area contributed by atoms with Crippen LogP contribution in [0.25, 0.3) is 32.9 Å². The van der Waals surface area contributed by atoms with E-state index in [0.717, 1.165) is 32.7 Å². The van der Waals surface area contributed by atoms with Crippen LogP contribution in [0.3, 0.4) is 0 Å². The second kappa shape index (κ2) is 9.22. The molecule has 0 unspecified atom stereocenters. The lowest BCUT2D eigenvalue weighted by Crippen LogP contribution is -2.16. The fraction of sp³-hybridized carbons (Fsp3) is 0.290. The largest absolute Gasteiger partial charge is 0.462 e. The van der Waals surface area contributed by atoms with Crippen molar-refractivity contribution in [2.45, 2.75) is 40.5 Å². The maximum atomic E-state index is 13.1. The number of hydrogen-bond donors (Lipinski definition) is 0. The van der Waals surface area contributed by atoms with Crippen LogP contribution in [0.1, 0.15) is 61.1 Å². The first-order valence-corrected chi connectivity index (χ1v) is 12.4. The summed E-state index contributed by atoms with van der Waals surface area (Å²) in [7, 11) is 0. The molecule has 6 nitrogen and oxygen atoms in total. The highest BCUT2D eigenvalue weighted by Crippen LogP contribution is 2.46. The molecule has 37 heavy (non-hydrogen) atoms. The summed E-state index contributed by atoms with van der Waals surface area (Å²) in [4.78, 5) is 25.6. The highest BCUT2D eigenvalue weighted by Gasteiger charge is 2.31. The SMILES string of the molecule is CC(C)COC(=O)C1=CCc2c3ccc(C#N)c4c3c(c3ccc(C#N)c1c23)CC=C4OC(=O)C(C)C. The van der Waals surface area contributed by atoms with Crippen molar-refractivity contribution >= 4 is 44.8 Å². The van der Waals surface area contributed by atoms with E-state index < -0.39 is 5.97 Å². The van der Waals surface area contributed by atoms with Crippen molar-refractivity contribution in [3.8, 4) is 12.1 Å². The van der Waals surface area contributed by atoms with E-state index in [1.807, 2.05) is 38.1 Å². The minimum absolute atomic E-state index is 0.193. The molecule has 0 saturated heterocycles. The maximum absolute atomic E-state index is 13.1. The molecular weight excluding hydrogens is 464 g/mol. The molecule has 0 bridgehead atoms. The Morgan fingerprint density at radius 1 is 0.865 bits per heavy atom. The molecule has 3 aromatic carbocycles. The Bertz CT molecular complexity index is 1660. The molecule has 2 aliphatic rings. The van der Waals surface area contributed by atoms with E-state index in [1.165, 1.54) is 0 Å². The van der Waals surface area contributed by atoms with Crippen molar-refractivity contribution in [2.75, 3.05) is 6.61 Å². The molecule has 0 heterocycles.